The van der Waals surface area contributed by atoms with Gasteiger partial charge in [0, 0.05) is 17.0 Å². The Labute approximate surface area is 135 Å². The lowest BCUT2D eigenvalue weighted by Crippen LogP contribution is -2.16. The van der Waals surface area contributed by atoms with Gasteiger partial charge in [0.25, 0.3) is 5.69 Å². The summed E-state index contributed by atoms with van der Waals surface area (Å²) in [5, 5.41) is 11.6. The Morgan fingerprint density at radius 2 is 1.83 bits per heavy atom. The fourth-order valence-electron chi connectivity index (χ4n) is 2.27. The highest BCUT2D eigenvalue weighted by molar-refractivity contribution is 5.80. The fraction of sp³-hybridized carbons (Fsp3) is 0.0588. The summed E-state index contributed by atoms with van der Waals surface area (Å²) in [4.78, 5) is 34.2. The molecular weight excluding hydrogens is 314 g/mol. The van der Waals surface area contributed by atoms with Crippen LogP contribution in [0.1, 0.15) is 5.56 Å². The zero-order valence-electron chi connectivity index (χ0n) is 12.3. The van der Waals surface area contributed by atoms with Crippen molar-refractivity contribution in [3.63, 3.8) is 0 Å². The summed E-state index contributed by atoms with van der Waals surface area (Å²) < 4.78 is 10.1. The first-order chi connectivity index (χ1) is 11.5. The minimum absolute atomic E-state index is 0.181. The lowest BCUT2D eigenvalue weighted by molar-refractivity contribution is -0.385. The van der Waals surface area contributed by atoms with E-state index in [1.165, 1.54) is 24.3 Å². The van der Waals surface area contributed by atoms with Crippen LogP contribution in [-0.2, 0) is 11.2 Å². The molecule has 7 nitrogen and oxygen atoms in total. The van der Waals surface area contributed by atoms with Gasteiger partial charge in [0.15, 0.2) is 0 Å². The van der Waals surface area contributed by atoms with E-state index in [1.54, 1.807) is 30.3 Å². The molecule has 120 valence electrons. The van der Waals surface area contributed by atoms with Crippen LogP contribution < -0.4 is 10.4 Å². The molecule has 7 heteroatoms. The maximum absolute atomic E-state index is 12.0. The number of esters is 1. The minimum Gasteiger partial charge on any atom is -0.420 e. The first-order valence-electron chi connectivity index (χ1n) is 7.00. The quantitative estimate of drug-likeness (QED) is 0.316. The zero-order valence-corrected chi connectivity index (χ0v) is 12.3. The Balaban J connectivity index is 1.84. The van der Waals surface area contributed by atoms with E-state index in [2.05, 4.69) is 0 Å². The van der Waals surface area contributed by atoms with Crippen LogP contribution in [0.4, 0.5) is 5.69 Å². The number of hydrogen-bond donors (Lipinski definition) is 0. The summed E-state index contributed by atoms with van der Waals surface area (Å²) in [5.41, 5.74) is -0.386. The van der Waals surface area contributed by atoms with Gasteiger partial charge in [0.1, 0.15) is 5.58 Å². The van der Waals surface area contributed by atoms with E-state index in [9.17, 15) is 19.7 Å². The average molecular weight is 325 g/mol. The van der Waals surface area contributed by atoms with E-state index in [0.717, 1.165) is 0 Å². The van der Waals surface area contributed by atoms with Gasteiger partial charge in [-0.3, -0.25) is 14.9 Å². The van der Waals surface area contributed by atoms with Crippen LogP contribution >= 0.6 is 0 Å². The molecule has 0 amide bonds. The summed E-state index contributed by atoms with van der Waals surface area (Å²) in [5.74, 6) is -1.04. The molecule has 1 heterocycles. The lowest BCUT2D eigenvalue weighted by atomic mass is 10.1. The van der Waals surface area contributed by atoms with E-state index >= 15 is 0 Å². The second kappa shape index (κ2) is 6.33. The second-order valence-corrected chi connectivity index (χ2v) is 4.97. The molecule has 0 saturated heterocycles. The van der Waals surface area contributed by atoms with E-state index in [-0.39, 0.29) is 23.4 Å². The standard InChI is InChI=1S/C17H11NO6/c19-16(10-11-5-1-3-7-13(11)18(21)22)23-15-9-12-6-2-4-8-14(12)24-17(15)20/h1-9H,10H2. The first kappa shape index (κ1) is 15.4. The monoisotopic (exact) mass is 325 g/mol. The summed E-state index contributed by atoms with van der Waals surface area (Å²) >= 11 is 0. The molecule has 3 aromatic rings. The highest BCUT2D eigenvalue weighted by atomic mass is 16.6. The number of rotatable bonds is 4. The molecule has 3 rings (SSSR count). The van der Waals surface area contributed by atoms with E-state index in [1.807, 2.05) is 0 Å². The van der Waals surface area contributed by atoms with Crippen LogP contribution in [0.5, 0.6) is 5.75 Å². The van der Waals surface area contributed by atoms with Crippen LogP contribution in [-0.4, -0.2) is 10.9 Å². The summed E-state index contributed by atoms with van der Waals surface area (Å²) in [6.45, 7) is 0. The predicted molar refractivity (Wildman–Crippen MR) is 84.9 cm³/mol. The normalized spacial score (nSPS) is 10.5. The average Bonchev–Trinajstić information content (AvgIpc) is 2.55. The van der Waals surface area contributed by atoms with Crippen molar-refractivity contribution in [2.75, 3.05) is 0 Å². The lowest BCUT2D eigenvalue weighted by Gasteiger charge is -2.05. The topological polar surface area (TPSA) is 99.7 Å². The third-order valence-electron chi connectivity index (χ3n) is 3.36. The van der Waals surface area contributed by atoms with Gasteiger partial charge in [-0.2, -0.15) is 0 Å². The molecule has 2 aromatic carbocycles. The van der Waals surface area contributed by atoms with Gasteiger partial charge in [-0.15, -0.1) is 0 Å². The van der Waals surface area contributed by atoms with E-state index in [0.29, 0.717) is 11.0 Å². The van der Waals surface area contributed by atoms with Crippen molar-refractivity contribution in [1.82, 2.24) is 0 Å². The minimum atomic E-state index is -0.787. The first-order valence-corrected chi connectivity index (χ1v) is 7.00. The number of nitro benzene ring substituents is 1. The Morgan fingerprint density at radius 1 is 1.12 bits per heavy atom. The number of carbonyl (C=O) groups is 1. The van der Waals surface area contributed by atoms with Gasteiger partial charge in [-0.25, -0.2) is 4.79 Å². The third-order valence-corrected chi connectivity index (χ3v) is 3.36. The Bertz CT molecular complexity index is 992. The summed E-state index contributed by atoms with van der Waals surface area (Å²) in [6.07, 6.45) is -0.330. The van der Waals surface area contributed by atoms with Crippen molar-refractivity contribution in [3.8, 4) is 5.75 Å². The van der Waals surface area contributed by atoms with Gasteiger partial charge in [0.2, 0.25) is 5.75 Å². The summed E-state index contributed by atoms with van der Waals surface area (Å²) in [7, 11) is 0. The Kier molecular flexibility index (Phi) is 4.07. The molecular formula is C17H11NO6. The molecule has 1 aromatic heterocycles. The van der Waals surface area contributed by atoms with Gasteiger partial charge in [-0.05, 0) is 12.1 Å². The molecule has 0 aliphatic heterocycles. The van der Waals surface area contributed by atoms with Crippen molar-refractivity contribution >= 4 is 22.6 Å². The van der Waals surface area contributed by atoms with Gasteiger partial charge < -0.3 is 9.15 Å². The maximum atomic E-state index is 12.0. The van der Waals surface area contributed by atoms with Crippen LogP contribution in [0.2, 0.25) is 0 Å². The number of carbonyl (C=O) groups excluding carboxylic acids is 1. The highest BCUT2D eigenvalue weighted by Crippen LogP contribution is 2.20. The fourth-order valence-corrected chi connectivity index (χ4v) is 2.27. The second-order valence-electron chi connectivity index (χ2n) is 4.97. The molecule has 0 saturated carbocycles. The van der Waals surface area contributed by atoms with Crippen LogP contribution in [0.25, 0.3) is 11.0 Å². The molecule has 0 fully saturated rings. The maximum Gasteiger partial charge on any atom is 0.379 e. The van der Waals surface area contributed by atoms with Crippen molar-refractivity contribution in [3.05, 3.63) is 80.7 Å². The molecule has 0 unspecified atom stereocenters. The zero-order chi connectivity index (χ0) is 17.1. The smallest absolute Gasteiger partial charge is 0.379 e. The molecule has 0 atom stereocenters. The molecule has 0 bridgehead atoms. The Morgan fingerprint density at radius 3 is 2.62 bits per heavy atom. The largest absolute Gasteiger partial charge is 0.420 e. The molecule has 0 N–H and O–H groups in total. The number of fused-ring (bicyclic) bond motifs is 1. The van der Waals surface area contributed by atoms with Crippen LogP contribution in [0, 0.1) is 10.1 Å². The molecule has 0 spiro atoms. The number of para-hydroxylation sites is 2. The van der Waals surface area contributed by atoms with Crippen molar-refractivity contribution < 1.29 is 18.9 Å². The van der Waals surface area contributed by atoms with Crippen LogP contribution in [0.3, 0.4) is 0 Å². The number of nitrogens with zero attached hydrogens (tertiary/aromatic N) is 1. The van der Waals surface area contributed by atoms with Gasteiger partial charge >= 0.3 is 11.6 Å². The van der Waals surface area contributed by atoms with Crippen molar-refractivity contribution in [2.45, 2.75) is 6.42 Å². The Hall–Kier alpha value is -3.48. The third kappa shape index (κ3) is 3.14. The van der Waals surface area contributed by atoms with Crippen LogP contribution in [0.15, 0.2) is 63.8 Å². The van der Waals surface area contributed by atoms with Gasteiger partial charge in [0.05, 0.1) is 11.3 Å². The molecule has 0 aliphatic rings. The molecule has 0 aliphatic carbocycles. The number of hydrogen-bond acceptors (Lipinski definition) is 6. The number of ether oxygens (including phenoxy) is 1. The SMILES string of the molecule is O=C(Cc1ccccc1[N+](=O)[O-])Oc1cc2ccccc2oc1=O. The van der Waals surface area contributed by atoms with Crippen molar-refractivity contribution in [2.24, 2.45) is 0 Å². The molecule has 24 heavy (non-hydrogen) atoms. The highest BCUT2D eigenvalue weighted by Gasteiger charge is 2.18. The van der Waals surface area contributed by atoms with E-state index < -0.39 is 16.5 Å². The molecule has 0 radical (unpaired) electrons. The van der Waals surface area contributed by atoms with Crippen molar-refractivity contribution in [1.29, 1.82) is 0 Å². The summed E-state index contributed by atoms with van der Waals surface area (Å²) in [6, 6.07) is 14.0. The predicted octanol–water partition coefficient (Wildman–Crippen LogP) is 2.85. The van der Waals surface area contributed by atoms with Gasteiger partial charge in [-0.1, -0.05) is 36.4 Å². The number of benzene rings is 2. The van der Waals surface area contributed by atoms with E-state index in [4.69, 9.17) is 9.15 Å². The number of nitro groups is 1.